The number of rotatable bonds is 3. The molecule has 0 saturated heterocycles. The standard InChI is InChI=1S/C14H17NO2/c1-4-15(5-2)14(16)13-9-11-8-10(3)6-7-12(11)17-13/h6-9H,4-5H2,1-3H3. The van der Waals surface area contributed by atoms with E-state index >= 15 is 0 Å². The molecule has 0 aliphatic carbocycles. The largest absolute Gasteiger partial charge is 0.451 e. The minimum Gasteiger partial charge on any atom is -0.451 e. The van der Waals surface area contributed by atoms with Crippen LogP contribution in [0.3, 0.4) is 0 Å². The summed E-state index contributed by atoms with van der Waals surface area (Å²) >= 11 is 0. The molecule has 0 aliphatic heterocycles. The third kappa shape index (κ3) is 2.18. The number of aryl methyl sites for hydroxylation is 1. The third-order valence-electron chi connectivity index (χ3n) is 2.93. The average Bonchev–Trinajstić information content (AvgIpc) is 2.73. The van der Waals surface area contributed by atoms with Gasteiger partial charge in [-0.2, -0.15) is 0 Å². The van der Waals surface area contributed by atoms with Gasteiger partial charge >= 0.3 is 0 Å². The van der Waals surface area contributed by atoms with Gasteiger partial charge in [0.2, 0.25) is 0 Å². The van der Waals surface area contributed by atoms with Crippen LogP contribution in [0.5, 0.6) is 0 Å². The Hall–Kier alpha value is -1.77. The van der Waals surface area contributed by atoms with Crippen molar-refractivity contribution in [3.05, 3.63) is 35.6 Å². The normalized spacial score (nSPS) is 10.8. The number of hydrogen-bond donors (Lipinski definition) is 0. The van der Waals surface area contributed by atoms with Gasteiger partial charge in [0.25, 0.3) is 5.91 Å². The van der Waals surface area contributed by atoms with E-state index in [-0.39, 0.29) is 5.91 Å². The fourth-order valence-corrected chi connectivity index (χ4v) is 1.93. The number of carbonyl (C=O) groups is 1. The number of nitrogens with zero attached hydrogens (tertiary/aromatic N) is 1. The Morgan fingerprint density at radius 1 is 1.24 bits per heavy atom. The maximum absolute atomic E-state index is 12.1. The molecule has 0 bridgehead atoms. The zero-order valence-electron chi connectivity index (χ0n) is 10.5. The van der Waals surface area contributed by atoms with Gasteiger partial charge in [0.15, 0.2) is 5.76 Å². The Labute approximate surface area is 101 Å². The van der Waals surface area contributed by atoms with Crippen LogP contribution in [-0.4, -0.2) is 23.9 Å². The van der Waals surface area contributed by atoms with E-state index in [1.54, 1.807) is 4.90 Å². The summed E-state index contributed by atoms with van der Waals surface area (Å²) in [5.41, 5.74) is 1.94. The molecule has 0 N–H and O–H groups in total. The van der Waals surface area contributed by atoms with Gasteiger partial charge in [0.1, 0.15) is 5.58 Å². The van der Waals surface area contributed by atoms with E-state index in [4.69, 9.17) is 4.42 Å². The zero-order chi connectivity index (χ0) is 12.4. The van der Waals surface area contributed by atoms with Crippen LogP contribution in [0.25, 0.3) is 11.0 Å². The highest BCUT2D eigenvalue weighted by Gasteiger charge is 2.17. The molecular formula is C14H17NO2. The summed E-state index contributed by atoms with van der Waals surface area (Å²) in [7, 11) is 0. The minimum absolute atomic E-state index is 0.0381. The number of fused-ring (bicyclic) bond motifs is 1. The summed E-state index contributed by atoms with van der Waals surface area (Å²) in [5, 5.41) is 0.987. The molecular weight excluding hydrogens is 214 g/mol. The van der Waals surface area contributed by atoms with Crippen molar-refractivity contribution in [1.82, 2.24) is 4.90 Å². The molecule has 0 fully saturated rings. The first-order valence-corrected chi connectivity index (χ1v) is 5.95. The van der Waals surface area contributed by atoms with Gasteiger partial charge < -0.3 is 9.32 Å². The average molecular weight is 231 g/mol. The third-order valence-corrected chi connectivity index (χ3v) is 2.93. The van der Waals surface area contributed by atoms with Crippen molar-refractivity contribution in [3.63, 3.8) is 0 Å². The molecule has 1 aromatic carbocycles. The lowest BCUT2D eigenvalue weighted by Crippen LogP contribution is -2.30. The molecule has 3 heteroatoms. The molecule has 1 aromatic heterocycles. The van der Waals surface area contributed by atoms with Crippen molar-refractivity contribution >= 4 is 16.9 Å². The lowest BCUT2D eigenvalue weighted by molar-refractivity contribution is 0.0743. The molecule has 17 heavy (non-hydrogen) atoms. The van der Waals surface area contributed by atoms with Crippen molar-refractivity contribution in [2.24, 2.45) is 0 Å². The summed E-state index contributed by atoms with van der Waals surface area (Å²) in [6, 6.07) is 7.74. The van der Waals surface area contributed by atoms with Crippen molar-refractivity contribution in [2.75, 3.05) is 13.1 Å². The maximum atomic E-state index is 12.1. The highest BCUT2D eigenvalue weighted by molar-refractivity contribution is 5.96. The van der Waals surface area contributed by atoms with Crippen LogP contribution in [0.2, 0.25) is 0 Å². The Balaban J connectivity index is 2.39. The second kappa shape index (κ2) is 4.62. The quantitative estimate of drug-likeness (QED) is 0.812. The number of carbonyl (C=O) groups excluding carboxylic acids is 1. The van der Waals surface area contributed by atoms with Gasteiger partial charge in [-0.15, -0.1) is 0 Å². The van der Waals surface area contributed by atoms with Crippen molar-refractivity contribution in [2.45, 2.75) is 20.8 Å². The van der Waals surface area contributed by atoms with E-state index in [1.807, 2.05) is 45.0 Å². The van der Waals surface area contributed by atoms with E-state index < -0.39 is 0 Å². The Kier molecular flexibility index (Phi) is 3.18. The van der Waals surface area contributed by atoms with Crippen molar-refractivity contribution in [3.8, 4) is 0 Å². The Bertz CT molecular complexity index is 538. The molecule has 90 valence electrons. The van der Waals surface area contributed by atoms with Crippen LogP contribution >= 0.6 is 0 Å². The second-order valence-electron chi connectivity index (χ2n) is 4.13. The van der Waals surface area contributed by atoms with Gasteiger partial charge in [-0.05, 0) is 39.0 Å². The van der Waals surface area contributed by atoms with Crippen LogP contribution in [-0.2, 0) is 0 Å². The topological polar surface area (TPSA) is 33.5 Å². The first-order valence-electron chi connectivity index (χ1n) is 5.95. The number of amides is 1. The molecule has 0 unspecified atom stereocenters. The number of benzene rings is 1. The molecule has 2 aromatic rings. The monoisotopic (exact) mass is 231 g/mol. The molecule has 3 nitrogen and oxygen atoms in total. The molecule has 2 rings (SSSR count). The fourth-order valence-electron chi connectivity index (χ4n) is 1.93. The lowest BCUT2D eigenvalue weighted by Gasteiger charge is -2.16. The van der Waals surface area contributed by atoms with Gasteiger partial charge in [-0.25, -0.2) is 0 Å². The first-order chi connectivity index (χ1) is 8.15. The summed E-state index contributed by atoms with van der Waals surface area (Å²) in [4.78, 5) is 13.8. The first kappa shape index (κ1) is 11.7. The Morgan fingerprint density at radius 2 is 1.94 bits per heavy atom. The molecule has 0 radical (unpaired) electrons. The number of furan rings is 1. The molecule has 0 spiro atoms. The summed E-state index contributed by atoms with van der Waals surface area (Å²) in [6.07, 6.45) is 0. The van der Waals surface area contributed by atoms with Crippen LogP contribution in [0.15, 0.2) is 28.7 Å². The highest BCUT2D eigenvalue weighted by atomic mass is 16.3. The maximum Gasteiger partial charge on any atom is 0.289 e. The molecule has 0 saturated carbocycles. The fraction of sp³-hybridized carbons (Fsp3) is 0.357. The smallest absolute Gasteiger partial charge is 0.289 e. The van der Waals surface area contributed by atoms with Crippen LogP contribution < -0.4 is 0 Å². The van der Waals surface area contributed by atoms with Crippen molar-refractivity contribution < 1.29 is 9.21 Å². The highest BCUT2D eigenvalue weighted by Crippen LogP contribution is 2.21. The van der Waals surface area contributed by atoms with Crippen LogP contribution in [0.1, 0.15) is 30.0 Å². The molecule has 1 heterocycles. The van der Waals surface area contributed by atoms with E-state index in [9.17, 15) is 4.79 Å². The van der Waals surface area contributed by atoms with Crippen LogP contribution in [0, 0.1) is 6.92 Å². The molecule has 1 amide bonds. The van der Waals surface area contributed by atoms with E-state index in [2.05, 4.69) is 0 Å². The zero-order valence-corrected chi connectivity index (χ0v) is 10.5. The van der Waals surface area contributed by atoms with Crippen LogP contribution in [0.4, 0.5) is 0 Å². The molecule has 0 aliphatic rings. The van der Waals surface area contributed by atoms with Gasteiger partial charge in [-0.3, -0.25) is 4.79 Å². The summed E-state index contributed by atoms with van der Waals surface area (Å²) < 4.78 is 5.58. The lowest BCUT2D eigenvalue weighted by atomic mass is 10.2. The SMILES string of the molecule is CCN(CC)C(=O)c1cc2cc(C)ccc2o1. The van der Waals surface area contributed by atoms with Crippen molar-refractivity contribution in [1.29, 1.82) is 0 Å². The Morgan fingerprint density at radius 3 is 2.59 bits per heavy atom. The van der Waals surface area contributed by atoms with Gasteiger partial charge in [-0.1, -0.05) is 11.6 Å². The van der Waals surface area contributed by atoms with Gasteiger partial charge in [0, 0.05) is 18.5 Å². The summed E-state index contributed by atoms with van der Waals surface area (Å²) in [5.74, 6) is 0.387. The predicted octanol–water partition coefficient (Wildman–Crippen LogP) is 3.22. The summed E-state index contributed by atoms with van der Waals surface area (Å²) in [6.45, 7) is 7.36. The van der Waals surface area contributed by atoms with Gasteiger partial charge in [0.05, 0.1) is 0 Å². The van der Waals surface area contributed by atoms with E-state index in [1.165, 1.54) is 5.56 Å². The minimum atomic E-state index is -0.0381. The predicted molar refractivity (Wildman–Crippen MR) is 68.2 cm³/mol. The van der Waals surface area contributed by atoms with E-state index in [0.717, 1.165) is 11.0 Å². The molecule has 0 atom stereocenters. The number of hydrogen-bond acceptors (Lipinski definition) is 2. The van der Waals surface area contributed by atoms with E-state index in [0.29, 0.717) is 18.8 Å². The second-order valence-corrected chi connectivity index (χ2v) is 4.13.